The SMILES string of the molecule is CN(C)[C@H]1CCc2c(cc(CN(C)[C@H]3CCc4c(cccc4-c4ccco4)C3)cc2C2CCCC2)C1. The summed E-state index contributed by atoms with van der Waals surface area (Å²) >= 11 is 0. The lowest BCUT2D eigenvalue weighted by Crippen LogP contribution is -2.36. The normalized spacial score (nSPS) is 22.2. The molecule has 0 radical (unpaired) electrons. The average Bonchev–Trinajstić information content (AvgIpc) is 3.62. The highest BCUT2D eigenvalue weighted by Crippen LogP contribution is 2.40. The van der Waals surface area contributed by atoms with Gasteiger partial charge in [0.25, 0.3) is 0 Å². The first-order valence-electron chi connectivity index (χ1n) is 14.2. The van der Waals surface area contributed by atoms with Crippen molar-refractivity contribution in [3.05, 3.63) is 82.1 Å². The van der Waals surface area contributed by atoms with Gasteiger partial charge >= 0.3 is 0 Å². The molecule has 190 valence electrons. The van der Waals surface area contributed by atoms with Crippen molar-refractivity contribution in [3.63, 3.8) is 0 Å². The van der Waals surface area contributed by atoms with E-state index in [1.807, 2.05) is 6.07 Å². The maximum Gasteiger partial charge on any atom is 0.134 e. The van der Waals surface area contributed by atoms with Crippen LogP contribution >= 0.6 is 0 Å². The molecule has 0 unspecified atom stereocenters. The van der Waals surface area contributed by atoms with Gasteiger partial charge in [0.15, 0.2) is 0 Å². The molecule has 2 atom stereocenters. The van der Waals surface area contributed by atoms with Crippen LogP contribution in [0.5, 0.6) is 0 Å². The van der Waals surface area contributed by atoms with E-state index in [9.17, 15) is 0 Å². The van der Waals surface area contributed by atoms with Crippen LogP contribution in [0.25, 0.3) is 11.3 Å². The van der Waals surface area contributed by atoms with Crippen LogP contribution < -0.4 is 0 Å². The van der Waals surface area contributed by atoms with E-state index in [2.05, 4.69) is 67.3 Å². The van der Waals surface area contributed by atoms with Crippen LogP contribution in [0.3, 0.4) is 0 Å². The smallest absolute Gasteiger partial charge is 0.134 e. The van der Waals surface area contributed by atoms with Crippen LogP contribution in [-0.2, 0) is 32.2 Å². The largest absolute Gasteiger partial charge is 0.464 e. The number of rotatable bonds is 6. The number of hydrogen-bond donors (Lipinski definition) is 0. The Kier molecular flexibility index (Phi) is 6.79. The van der Waals surface area contributed by atoms with Gasteiger partial charge in [-0.15, -0.1) is 0 Å². The van der Waals surface area contributed by atoms with Crippen molar-refractivity contribution in [2.45, 2.75) is 88.8 Å². The highest BCUT2D eigenvalue weighted by Gasteiger charge is 2.29. The second kappa shape index (κ2) is 10.2. The molecule has 2 aromatic carbocycles. The standard InChI is InChI=1S/C33H42N2O/c1-34(2)27-13-15-30-26(21-27)18-23(19-32(30)24-8-4-5-9-24)22-35(3)28-14-16-29-25(20-28)10-6-11-31(29)33-12-7-17-36-33/h6-7,10-12,17-19,24,27-28H,4-5,8-9,13-16,20-22H2,1-3H3/t27-,28-/m0/s1. The van der Waals surface area contributed by atoms with Crippen LogP contribution in [0.4, 0.5) is 0 Å². The Bertz CT molecular complexity index is 1190. The van der Waals surface area contributed by atoms with Crippen molar-refractivity contribution in [1.82, 2.24) is 9.80 Å². The number of likely N-dealkylation sites (N-methyl/N-ethyl adjacent to an activating group) is 2. The zero-order chi connectivity index (χ0) is 24.6. The van der Waals surface area contributed by atoms with E-state index in [1.165, 1.54) is 73.6 Å². The first-order chi connectivity index (χ1) is 17.6. The van der Waals surface area contributed by atoms with Gasteiger partial charge in [-0.05, 0) is 124 Å². The van der Waals surface area contributed by atoms with Crippen LogP contribution in [0.2, 0.25) is 0 Å². The molecular weight excluding hydrogens is 440 g/mol. The summed E-state index contributed by atoms with van der Waals surface area (Å²) in [5.41, 5.74) is 10.9. The maximum absolute atomic E-state index is 5.75. The summed E-state index contributed by atoms with van der Waals surface area (Å²) in [6.07, 6.45) is 14.6. The van der Waals surface area contributed by atoms with Crippen LogP contribution in [0, 0.1) is 0 Å². The minimum absolute atomic E-state index is 0.588. The molecule has 36 heavy (non-hydrogen) atoms. The highest BCUT2D eigenvalue weighted by molar-refractivity contribution is 5.64. The minimum atomic E-state index is 0.588. The van der Waals surface area contributed by atoms with Crippen LogP contribution in [0.15, 0.2) is 53.1 Å². The monoisotopic (exact) mass is 482 g/mol. The van der Waals surface area contributed by atoms with E-state index in [0.717, 1.165) is 31.1 Å². The molecule has 1 aromatic heterocycles. The van der Waals surface area contributed by atoms with Crippen LogP contribution in [-0.4, -0.2) is 43.0 Å². The fraction of sp³-hybridized carbons (Fsp3) is 0.515. The maximum atomic E-state index is 5.75. The molecule has 6 rings (SSSR count). The molecule has 0 saturated heterocycles. The quantitative estimate of drug-likeness (QED) is 0.377. The molecule has 1 fully saturated rings. The van der Waals surface area contributed by atoms with Crippen molar-refractivity contribution >= 4 is 0 Å². The molecule has 3 heteroatoms. The number of benzene rings is 2. The molecule has 3 nitrogen and oxygen atoms in total. The molecule has 3 aromatic rings. The molecular formula is C33H42N2O. The summed E-state index contributed by atoms with van der Waals surface area (Å²) in [4.78, 5) is 5.07. The first kappa shape index (κ1) is 24.0. The predicted molar refractivity (Wildman–Crippen MR) is 149 cm³/mol. The lowest BCUT2D eigenvalue weighted by Gasteiger charge is -2.35. The van der Waals surface area contributed by atoms with E-state index < -0.39 is 0 Å². The van der Waals surface area contributed by atoms with E-state index in [1.54, 1.807) is 23.0 Å². The minimum Gasteiger partial charge on any atom is -0.464 e. The fourth-order valence-electron chi connectivity index (χ4n) is 7.36. The predicted octanol–water partition coefficient (Wildman–Crippen LogP) is 7.01. The Balaban J connectivity index is 1.23. The topological polar surface area (TPSA) is 19.6 Å². The summed E-state index contributed by atoms with van der Waals surface area (Å²) in [7, 11) is 6.86. The third-order valence-corrected chi connectivity index (χ3v) is 9.44. The third-order valence-electron chi connectivity index (χ3n) is 9.44. The first-order valence-corrected chi connectivity index (χ1v) is 14.2. The lowest BCUT2D eigenvalue weighted by molar-refractivity contribution is 0.213. The number of nitrogens with zero attached hydrogens (tertiary/aromatic N) is 2. The zero-order valence-electron chi connectivity index (χ0n) is 22.4. The molecule has 0 spiro atoms. The Hall–Kier alpha value is -2.36. The van der Waals surface area contributed by atoms with E-state index in [-0.39, 0.29) is 0 Å². The molecule has 1 heterocycles. The highest BCUT2D eigenvalue weighted by atomic mass is 16.3. The Morgan fingerprint density at radius 3 is 2.36 bits per heavy atom. The Labute approximate surface area is 217 Å². The number of fused-ring (bicyclic) bond motifs is 2. The van der Waals surface area contributed by atoms with Gasteiger partial charge in [-0.2, -0.15) is 0 Å². The van der Waals surface area contributed by atoms with Crippen LogP contribution in [0.1, 0.15) is 77.8 Å². The van der Waals surface area contributed by atoms with E-state index in [4.69, 9.17) is 4.42 Å². The summed E-state index contributed by atoms with van der Waals surface area (Å²) < 4.78 is 5.75. The Morgan fingerprint density at radius 1 is 0.806 bits per heavy atom. The fourth-order valence-corrected chi connectivity index (χ4v) is 7.36. The average molecular weight is 483 g/mol. The summed E-state index contributed by atoms with van der Waals surface area (Å²) in [6.45, 7) is 1.05. The lowest BCUT2D eigenvalue weighted by atomic mass is 9.79. The molecule has 0 bridgehead atoms. The zero-order valence-corrected chi connectivity index (χ0v) is 22.4. The summed E-state index contributed by atoms with van der Waals surface area (Å²) in [6, 6.07) is 17.3. The van der Waals surface area contributed by atoms with Gasteiger partial charge in [-0.3, -0.25) is 4.90 Å². The van der Waals surface area contributed by atoms with Gasteiger partial charge in [-0.25, -0.2) is 0 Å². The van der Waals surface area contributed by atoms with Gasteiger partial charge in [0.05, 0.1) is 6.26 Å². The van der Waals surface area contributed by atoms with Crippen molar-refractivity contribution in [2.24, 2.45) is 0 Å². The van der Waals surface area contributed by atoms with E-state index in [0.29, 0.717) is 12.1 Å². The van der Waals surface area contributed by atoms with Gasteiger partial charge in [0.1, 0.15) is 5.76 Å². The summed E-state index contributed by atoms with van der Waals surface area (Å²) in [5, 5.41) is 0. The molecule has 0 aliphatic heterocycles. The second-order valence-corrected chi connectivity index (χ2v) is 11.9. The molecule has 3 aliphatic rings. The molecule has 1 saturated carbocycles. The summed E-state index contributed by atoms with van der Waals surface area (Å²) in [5.74, 6) is 1.80. The number of hydrogen-bond acceptors (Lipinski definition) is 3. The van der Waals surface area contributed by atoms with Gasteiger partial charge < -0.3 is 9.32 Å². The molecule has 0 N–H and O–H groups in total. The van der Waals surface area contributed by atoms with Crippen molar-refractivity contribution < 1.29 is 4.42 Å². The van der Waals surface area contributed by atoms with Gasteiger partial charge in [-0.1, -0.05) is 43.2 Å². The van der Waals surface area contributed by atoms with Crippen molar-refractivity contribution in [3.8, 4) is 11.3 Å². The molecule has 3 aliphatic carbocycles. The van der Waals surface area contributed by atoms with Crippen molar-refractivity contribution in [1.29, 1.82) is 0 Å². The third kappa shape index (κ3) is 4.68. The van der Waals surface area contributed by atoms with Crippen molar-refractivity contribution in [2.75, 3.05) is 21.1 Å². The van der Waals surface area contributed by atoms with Gasteiger partial charge in [0.2, 0.25) is 0 Å². The number of furan rings is 1. The molecule has 0 amide bonds. The van der Waals surface area contributed by atoms with E-state index >= 15 is 0 Å². The Morgan fingerprint density at radius 2 is 1.58 bits per heavy atom. The second-order valence-electron chi connectivity index (χ2n) is 11.9. The van der Waals surface area contributed by atoms with Gasteiger partial charge in [0, 0.05) is 24.2 Å².